The third kappa shape index (κ3) is 2.18. The number of cyclic esters (lactones) is 1. The molecule has 2 aromatic rings. The van der Waals surface area contributed by atoms with Crippen LogP contribution in [0.3, 0.4) is 0 Å². The van der Waals surface area contributed by atoms with Gasteiger partial charge in [0.25, 0.3) is 5.69 Å². The van der Waals surface area contributed by atoms with E-state index in [1.54, 1.807) is 18.2 Å². The van der Waals surface area contributed by atoms with Crippen LogP contribution in [0.2, 0.25) is 0 Å². The Bertz CT molecular complexity index is 712. The number of amides is 1. The third-order valence-corrected chi connectivity index (χ3v) is 3.09. The number of rotatable bonds is 2. The number of benzene rings is 2. The molecule has 0 unspecified atom stereocenters. The van der Waals surface area contributed by atoms with Crippen molar-refractivity contribution in [1.82, 2.24) is 0 Å². The van der Waals surface area contributed by atoms with E-state index in [-0.39, 0.29) is 12.3 Å². The fraction of sp³-hybridized carbons (Fsp3) is 0.0714. The maximum Gasteiger partial charge on any atom is 0.411 e. The Labute approximate surface area is 114 Å². The Balaban J connectivity index is 2.01. The minimum Gasteiger partial charge on any atom is -0.444 e. The van der Waals surface area contributed by atoms with E-state index in [1.807, 2.05) is 12.1 Å². The smallest absolute Gasteiger partial charge is 0.411 e. The molecule has 1 heterocycles. The van der Waals surface area contributed by atoms with Crippen LogP contribution in [0.15, 0.2) is 42.5 Å². The standard InChI is InChI=1S/C14H10N2O4/c17-14-15-13-5-4-10(6-11(13)8-20-14)9-2-1-3-12(7-9)16(18)19/h1-7H,8H2,(H,15,17). The molecule has 0 bridgehead atoms. The molecule has 0 atom stereocenters. The van der Waals surface area contributed by atoms with Crippen molar-refractivity contribution in [2.75, 3.05) is 5.32 Å². The second kappa shape index (κ2) is 4.65. The first-order valence-corrected chi connectivity index (χ1v) is 5.95. The van der Waals surface area contributed by atoms with Gasteiger partial charge in [0.15, 0.2) is 0 Å². The van der Waals surface area contributed by atoms with Crippen molar-refractivity contribution in [2.45, 2.75) is 6.61 Å². The fourth-order valence-electron chi connectivity index (χ4n) is 2.10. The summed E-state index contributed by atoms with van der Waals surface area (Å²) in [7, 11) is 0. The molecule has 0 spiro atoms. The molecule has 20 heavy (non-hydrogen) atoms. The van der Waals surface area contributed by atoms with Crippen LogP contribution in [0.5, 0.6) is 0 Å². The number of nitrogens with zero attached hydrogens (tertiary/aromatic N) is 1. The average Bonchev–Trinajstić information content (AvgIpc) is 2.47. The molecule has 6 heteroatoms. The summed E-state index contributed by atoms with van der Waals surface area (Å²) in [6.07, 6.45) is -0.472. The number of ether oxygens (including phenoxy) is 1. The van der Waals surface area contributed by atoms with Crippen molar-refractivity contribution in [3.8, 4) is 11.1 Å². The van der Waals surface area contributed by atoms with Gasteiger partial charge in [-0.15, -0.1) is 0 Å². The fourth-order valence-corrected chi connectivity index (χ4v) is 2.10. The minimum absolute atomic E-state index is 0.0461. The summed E-state index contributed by atoms with van der Waals surface area (Å²) in [5.74, 6) is 0. The highest BCUT2D eigenvalue weighted by atomic mass is 16.6. The van der Waals surface area contributed by atoms with Crippen molar-refractivity contribution in [1.29, 1.82) is 0 Å². The predicted octanol–water partition coefficient (Wildman–Crippen LogP) is 3.32. The Morgan fingerprint density at radius 1 is 1.15 bits per heavy atom. The number of carbonyl (C=O) groups excluding carboxylic acids is 1. The van der Waals surface area contributed by atoms with Gasteiger partial charge in [-0.3, -0.25) is 15.4 Å². The van der Waals surface area contributed by atoms with E-state index in [1.165, 1.54) is 12.1 Å². The molecule has 0 saturated carbocycles. The van der Waals surface area contributed by atoms with Crippen LogP contribution in [0.1, 0.15) is 5.56 Å². The highest BCUT2D eigenvalue weighted by Gasteiger charge is 2.16. The van der Waals surface area contributed by atoms with Crippen LogP contribution in [0, 0.1) is 10.1 Å². The number of fused-ring (bicyclic) bond motifs is 1. The van der Waals surface area contributed by atoms with E-state index < -0.39 is 11.0 Å². The normalized spacial score (nSPS) is 13.1. The number of carbonyl (C=O) groups is 1. The Morgan fingerprint density at radius 2 is 1.95 bits per heavy atom. The molecule has 1 aliphatic rings. The van der Waals surface area contributed by atoms with Crippen molar-refractivity contribution < 1.29 is 14.5 Å². The first-order valence-electron chi connectivity index (χ1n) is 5.95. The zero-order chi connectivity index (χ0) is 14.1. The third-order valence-electron chi connectivity index (χ3n) is 3.09. The van der Waals surface area contributed by atoms with Gasteiger partial charge in [0.2, 0.25) is 0 Å². The zero-order valence-electron chi connectivity index (χ0n) is 10.3. The molecule has 1 N–H and O–H groups in total. The van der Waals surface area contributed by atoms with Gasteiger partial charge in [0, 0.05) is 17.7 Å². The second-order valence-electron chi connectivity index (χ2n) is 4.38. The number of nitrogens with one attached hydrogen (secondary N) is 1. The van der Waals surface area contributed by atoms with Crippen molar-refractivity contribution in [3.05, 3.63) is 58.1 Å². The first-order chi connectivity index (χ1) is 9.63. The molecular formula is C14H10N2O4. The van der Waals surface area contributed by atoms with Crippen LogP contribution in [-0.2, 0) is 11.3 Å². The number of nitro groups is 1. The molecule has 6 nitrogen and oxygen atoms in total. The Morgan fingerprint density at radius 3 is 2.75 bits per heavy atom. The summed E-state index contributed by atoms with van der Waals surface area (Å²) < 4.78 is 4.90. The molecule has 2 aromatic carbocycles. The predicted molar refractivity (Wildman–Crippen MR) is 72.3 cm³/mol. The summed E-state index contributed by atoms with van der Waals surface area (Å²) in [6.45, 7) is 0.198. The van der Waals surface area contributed by atoms with E-state index in [0.717, 1.165) is 16.7 Å². The highest BCUT2D eigenvalue weighted by Crippen LogP contribution is 2.29. The topological polar surface area (TPSA) is 81.5 Å². The molecule has 1 aliphatic heterocycles. The lowest BCUT2D eigenvalue weighted by atomic mass is 10.0. The quantitative estimate of drug-likeness (QED) is 0.670. The largest absolute Gasteiger partial charge is 0.444 e. The number of nitro benzene ring substituents is 1. The van der Waals surface area contributed by atoms with E-state index >= 15 is 0 Å². The summed E-state index contributed by atoms with van der Waals surface area (Å²) in [6, 6.07) is 11.8. The van der Waals surface area contributed by atoms with Gasteiger partial charge in [-0.25, -0.2) is 4.79 Å². The second-order valence-corrected chi connectivity index (χ2v) is 4.38. The summed E-state index contributed by atoms with van der Waals surface area (Å²) in [4.78, 5) is 21.5. The highest BCUT2D eigenvalue weighted by molar-refractivity contribution is 5.88. The number of hydrogen-bond donors (Lipinski definition) is 1. The SMILES string of the molecule is O=C1Nc2ccc(-c3cccc([N+](=O)[O-])c3)cc2CO1. The van der Waals surface area contributed by atoms with Gasteiger partial charge in [-0.05, 0) is 23.3 Å². The molecule has 0 saturated heterocycles. The van der Waals surface area contributed by atoms with Crippen molar-refractivity contribution in [2.24, 2.45) is 0 Å². The number of anilines is 1. The summed E-state index contributed by atoms with van der Waals surface area (Å²) >= 11 is 0. The molecular weight excluding hydrogens is 260 g/mol. The molecule has 1 amide bonds. The lowest BCUT2D eigenvalue weighted by Gasteiger charge is -2.18. The average molecular weight is 270 g/mol. The monoisotopic (exact) mass is 270 g/mol. The first kappa shape index (κ1) is 12.2. The van der Waals surface area contributed by atoms with Crippen LogP contribution in [0.4, 0.5) is 16.2 Å². The molecule has 100 valence electrons. The molecule has 0 fully saturated rings. The Kier molecular flexibility index (Phi) is 2.83. The Hall–Kier alpha value is -2.89. The zero-order valence-corrected chi connectivity index (χ0v) is 10.3. The van der Waals surface area contributed by atoms with Crippen LogP contribution in [0.25, 0.3) is 11.1 Å². The lowest BCUT2D eigenvalue weighted by Crippen LogP contribution is -2.20. The van der Waals surface area contributed by atoms with Crippen molar-refractivity contribution >= 4 is 17.5 Å². The van der Waals surface area contributed by atoms with Gasteiger partial charge in [0.05, 0.1) is 10.6 Å². The van der Waals surface area contributed by atoms with Gasteiger partial charge >= 0.3 is 6.09 Å². The van der Waals surface area contributed by atoms with Gasteiger partial charge in [-0.1, -0.05) is 18.2 Å². The van der Waals surface area contributed by atoms with E-state index in [2.05, 4.69) is 5.32 Å². The summed E-state index contributed by atoms with van der Waals surface area (Å²) in [5.41, 5.74) is 3.18. The maximum absolute atomic E-state index is 11.1. The summed E-state index contributed by atoms with van der Waals surface area (Å²) in [5, 5.41) is 13.4. The molecule has 0 aromatic heterocycles. The van der Waals surface area contributed by atoms with Crippen LogP contribution < -0.4 is 5.32 Å². The number of non-ortho nitro benzene ring substituents is 1. The van der Waals surface area contributed by atoms with E-state index in [0.29, 0.717) is 5.69 Å². The van der Waals surface area contributed by atoms with E-state index in [4.69, 9.17) is 4.74 Å². The maximum atomic E-state index is 11.1. The minimum atomic E-state index is -0.472. The number of hydrogen-bond acceptors (Lipinski definition) is 4. The molecule has 3 rings (SSSR count). The molecule has 0 aliphatic carbocycles. The van der Waals surface area contributed by atoms with Gasteiger partial charge in [-0.2, -0.15) is 0 Å². The van der Waals surface area contributed by atoms with Gasteiger partial charge in [0.1, 0.15) is 6.61 Å². The van der Waals surface area contributed by atoms with Crippen molar-refractivity contribution in [3.63, 3.8) is 0 Å². The van der Waals surface area contributed by atoms with Gasteiger partial charge < -0.3 is 4.74 Å². The lowest BCUT2D eigenvalue weighted by molar-refractivity contribution is -0.384. The molecule has 0 radical (unpaired) electrons. The van der Waals surface area contributed by atoms with Crippen LogP contribution >= 0.6 is 0 Å². The van der Waals surface area contributed by atoms with Crippen LogP contribution in [-0.4, -0.2) is 11.0 Å². The van der Waals surface area contributed by atoms with E-state index in [9.17, 15) is 14.9 Å².